The highest BCUT2D eigenvalue weighted by Gasteiger charge is 2.40. The summed E-state index contributed by atoms with van der Waals surface area (Å²) in [6.45, 7) is 1.46. The number of anilines is 1. The van der Waals surface area contributed by atoms with Crippen molar-refractivity contribution < 1.29 is 14.3 Å². The Morgan fingerprint density at radius 3 is 2.59 bits per heavy atom. The lowest BCUT2D eigenvalue weighted by Gasteiger charge is -2.37. The zero-order valence-electron chi connectivity index (χ0n) is 12.8. The average Bonchev–Trinajstić information content (AvgIpc) is 2.54. The predicted octanol–water partition coefficient (Wildman–Crippen LogP) is 2.49. The molecule has 0 aromatic heterocycles. The number of ether oxygens (including phenoxy) is 2. The molecule has 7 heteroatoms. The van der Waals surface area contributed by atoms with E-state index in [1.807, 2.05) is 6.07 Å². The number of nitrogens with zero attached hydrogens (tertiary/aromatic N) is 1. The number of halogens is 2. The Bertz CT molecular complexity index is 520. The Morgan fingerprint density at radius 2 is 2.09 bits per heavy atom. The van der Waals surface area contributed by atoms with Gasteiger partial charge in [0.15, 0.2) is 0 Å². The number of benzene rings is 1. The molecule has 2 rings (SSSR count). The number of carbonyl (C=O) groups is 1. The second-order valence-corrected chi connectivity index (χ2v) is 5.69. The molecule has 1 heterocycles. The Hall–Kier alpha value is -1.01. The van der Waals surface area contributed by atoms with Crippen LogP contribution in [0.1, 0.15) is 12.8 Å². The van der Waals surface area contributed by atoms with Crippen LogP contribution in [0.15, 0.2) is 18.2 Å². The maximum Gasteiger partial charge on any atom is 0.234 e. The molecule has 1 aromatic rings. The molecule has 0 radical (unpaired) electrons. The fourth-order valence-corrected chi connectivity index (χ4v) is 2.86. The summed E-state index contributed by atoms with van der Waals surface area (Å²) in [4.78, 5) is 14.4. The van der Waals surface area contributed by atoms with Gasteiger partial charge < -0.3 is 20.1 Å². The topological polar surface area (TPSA) is 64.8 Å². The zero-order chi connectivity index (χ0) is 15.5. The number of amides is 1. The number of carbonyl (C=O) groups excluding carboxylic acids is 1. The lowest BCUT2D eigenvalue weighted by molar-refractivity contribution is -0.132. The van der Waals surface area contributed by atoms with Gasteiger partial charge in [0.05, 0.1) is 17.5 Å². The van der Waals surface area contributed by atoms with E-state index in [2.05, 4.69) is 0 Å². The summed E-state index contributed by atoms with van der Waals surface area (Å²) >= 11 is 6.12. The third-order valence-electron chi connectivity index (χ3n) is 4.12. The second kappa shape index (κ2) is 8.02. The van der Waals surface area contributed by atoms with Crippen molar-refractivity contribution in [3.63, 3.8) is 0 Å². The molecule has 1 aromatic carbocycles. The molecule has 1 fully saturated rings. The fourth-order valence-electron chi connectivity index (χ4n) is 2.60. The first-order valence-electron chi connectivity index (χ1n) is 6.93. The minimum absolute atomic E-state index is 0. The minimum atomic E-state index is -0.542. The Balaban J connectivity index is 0.00000242. The van der Waals surface area contributed by atoms with E-state index in [-0.39, 0.29) is 18.3 Å². The molecule has 124 valence electrons. The number of rotatable bonds is 4. The number of methoxy groups -OCH3 is 1. The summed E-state index contributed by atoms with van der Waals surface area (Å²) in [5.41, 5.74) is 6.07. The van der Waals surface area contributed by atoms with Crippen LogP contribution in [0.3, 0.4) is 0 Å². The zero-order valence-corrected chi connectivity index (χ0v) is 14.4. The molecule has 0 bridgehead atoms. The lowest BCUT2D eigenvalue weighted by Crippen LogP contribution is -2.49. The van der Waals surface area contributed by atoms with Gasteiger partial charge in [0.25, 0.3) is 0 Å². The fraction of sp³-hybridized carbons (Fsp3) is 0.533. The summed E-state index contributed by atoms with van der Waals surface area (Å²) in [7, 11) is 3.30. The predicted molar refractivity (Wildman–Crippen MR) is 90.2 cm³/mol. The molecule has 1 aliphatic rings. The summed E-state index contributed by atoms with van der Waals surface area (Å²) in [5, 5.41) is 0.475. The molecule has 2 N–H and O–H groups in total. The smallest absolute Gasteiger partial charge is 0.234 e. The lowest BCUT2D eigenvalue weighted by atomic mass is 9.79. The van der Waals surface area contributed by atoms with Crippen LogP contribution in [0.4, 0.5) is 5.69 Å². The van der Waals surface area contributed by atoms with E-state index in [1.165, 1.54) is 0 Å². The van der Waals surface area contributed by atoms with Crippen LogP contribution < -0.4 is 15.4 Å². The number of nitrogens with two attached hydrogens (primary N) is 1. The van der Waals surface area contributed by atoms with Crippen LogP contribution in [-0.2, 0) is 9.53 Å². The van der Waals surface area contributed by atoms with Gasteiger partial charge in [0.1, 0.15) is 5.75 Å². The molecule has 5 nitrogen and oxygen atoms in total. The molecular weight excluding hydrogens is 327 g/mol. The molecule has 0 atom stereocenters. The standard InChI is InChI=1S/C15H21ClN2O3.ClH/c1-18(11-3-4-13(20-2)12(16)9-11)14(19)15(10-17)5-7-21-8-6-15;/h3-4,9H,5-8,10,17H2,1-2H3;1H. The Morgan fingerprint density at radius 1 is 1.45 bits per heavy atom. The highest BCUT2D eigenvalue weighted by Crippen LogP contribution is 2.34. The maximum absolute atomic E-state index is 12.8. The number of hydrogen-bond acceptors (Lipinski definition) is 4. The second-order valence-electron chi connectivity index (χ2n) is 5.28. The van der Waals surface area contributed by atoms with E-state index >= 15 is 0 Å². The van der Waals surface area contributed by atoms with Gasteiger partial charge in [-0.3, -0.25) is 4.79 Å². The van der Waals surface area contributed by atoms with Crippen molar-refractivity contribution in [1.82, 2.24) is 0 Å². The molecule has 0 unspecified atom stereocenters. The van der Waals surface area contributed by atoms with Gasteiger partial charge in [-0.2, -0.15) is 0 Å². The SMILES string of the molecule is COc1ccc(N(C)C(=O)C2(CN)CCOCC2)cc1Cl.Cl. The van der Waals surface area contributed by atoms with E-state index in [4.69, 9.17) is 26.8 Å². The van der Waals surface area contributed by atoms with E-state index in [0.717, 1.165) is 5.69 Å². The average molecular weight is 349 g/mol. The van der Waals surface area contributed by atoms with Gasteiger partial charge in [0, 0.05) is 32.5 Å². The van der Waals surface area contributed by atoms with Crippen molar-refractivity contribution in [3.05, 3.63) is 23.2 Å². The van der Waals surface area contributed by atoms with E-state index in [0.29, 0.717) is 43.4 Å². The Kier molecular flexibility index (Phi) is 6.94. The first kappa shape index (κ1) is 19.0. The molecule has 1 amide bonds. The van der Waals surface area contributed by atoms with Gasteiger partial charge in [-0.25, -0.2) is 0 Å². The molecule has 0 spiro atoms. The largest absolute Gasteiger partial charge is 0.495 e. The van der Waals surface area contributed by atoms with Crippen molar-refractivity contribution >= 4 is 35.6 Å². The van der Waals surface area contributed by atoms with Crippen LogP contribution in [-0.4, -0.2) is 39.8 Å². The normalized spacial score (nSPS) is 16.5. The molecule has 1 saturated heterocycles. The quantitative estimate of drug-likeness (QED) is 0.907. The van der Waals surface area contributed by atoms with E-state index in [9.17, 15) is 4.79 Å². The number of hydrogen-bond donors (Lipinski definition) is 1. The van der Waals surface area contributed by atoms with Crippen LogP contribution in [0.5, 0.6) is 5.75 Å². The molecule has 0 aliphatic carbocycles. The minimum Gasteiger partial charge on any atom is -0.495 e. The van der Waals surface area contributed by atoms with Gasteiger partial charge in [-0.1, -0.05) is 11.6 Å². The van der Waals surface area contributed by atoms with Crippen LogP contribution in [0.25, 0.3) is 0 Å². The maximum atomic E-state index is 12.8. The van der Waals surface area contributed by atoms with Crippen molar-refractivity contribution in [2.24, 2.45) is 11.1 Å². The molecular formula is C15H22Cl2N2O3. The van der Waals surface area contributed by atoms with Crippen molar-refractivity contribution in [2.75, 3.05) is 38.8 Å². The summed E-state index contributed by atoms with van der Waals surface area (Å²) in [6, 6.07) is 5.29. The van der Waals surface area contributed by atoms with Crippen molar-refractivity contribution in [3.8, 4) is 5.75 Å². The Labute approximate surface area is 142 Å². The monoisotopic (exact) mass is 348 g/mol. The van der Waals surface area contributed by atoms with Gasteiger partial charge >= 0.3 is 0 Å². The summed E-state index contributed by atoms with van der Waals surface area (Å²) in [6.07, 6.45) is 1.30. The van der Waals surface area contributed by atoms with Gasteiger partial charge in [-0.15, -0.1) is 12.4 Å². The highest BCUT2D eigenvalue weighted by atomic mass is 35.5. The van der Waals surface area contributed by atoms with E-state index in [1.54, 1.807) is 31.2 Å². The van der Waals surface area contributed by atoms with Crippen LogP contribution >= 0.6 is 24.0 Å². The van der Waals surface area contributed by atoms with Gasteiger partial charge in [-0.05, 0) is 31.0 Å². The first-order valence-corrected chi connectivity index (χ1v) is 7.31. The first-order chi connectivity index (χ1) is 10.0. The molecule has 0 saturated carbocycles. The van der Waals surface area contributed by atoms with Crippen LogP contribution in [0.2, 0.25) is 5.02 Å². The molecule has 1 aliphatic heterocycles. The van der Waals surface area contributed by atoms with Crippen molar-refractivity contribution in [2.45, 2.75) is 12.8 Å². The van der Waals surface area contributed by atoms with Crippen molar-refractivity contribution in [1.29, 1.82) is 0 Å². The van der Waals surface area contributed by atoms with E-state index < -0.39 is 5.41 Å². The third kappa shape index (κ3) is 3.66. The van der Waals surface area contributed by atoms with Crippen LogP contribution in [0, 0.1) is 5.41 Å². The third-order valence-corrected chi connectivity index (χ3v) is 4.42. The van der Waals surface area contributed by atoms with Gasteiger partial charge in [0.2, 0.25) is 5.91 Å². The summed E-state index contributed by atoms with van der Waals surface area (Å²) < 4.78 is 10.5. The molecule has 22 heavy (non-hydrogen) atoms. The summed E-state index contributed by atoms with van der Waals surface area (Å²) in [5.74, 6) is 0.593. The highest BCUT2D eigenvalue weighted by molar-refractivity contribution is 6.32.